The summed E-state index contributed by atoms with van der Waals surface area (Å²) in [5.41, 5.74) is 2.22. The van der Waals surface area contributed by atoms with Gasteiger partial charge in [-0.15, -0.1) is 0 Å². The lowest BCUT2D eigenvalue weighted by atomic mass is 9.98. The van der Waals surface area contributed by atoms with Crippen LogP contribution in [0.25, 0.3) is 11.1 Å². The molecule has 12 heteroatoms. The average molecular weight is 593 g/mol. The van der Waals surface area contributed by atoms with Crippen LogP contribution in [0, 0.1) is 0 Å². The number of carbonyl (C=O) groups is 2. The van der Waals surface area contributed by atoms with E-state index in [1.165, 1.54) is 18.2 Å². The van der Waals surface area contributed by atoms with Crippen molar-refractivity contribution in [2.75, 3.05) is 20.8 Å². The number of nitrogens with zero attached hydrogens (tertiary/aromatic N) is 1. The Morgan fingerprint density at radius 3 is 2.10 bits per heavy atom. The van der Waals surface area contributed by atoms with E-state index < -0.39 is 34.0 Å². The van der Waals surface area contributed by atoms with Crippen LogP contribution in [0.2, 0.25) is 10.0 Å². The Bertz CT molecular complexity index is 1450. The fourth-order valence-electron chi connectivity index (χ4n) is 4.37. The number of carboxylic acids is 1. The molecule has 0 spiro atoms. The summed E-state index contributed by atoms with van der Waals surface area (Å²) in [6, 6.07) is 14.2. The van der Waals surface area contributed by atoms with Crippen LogP contribution < -0.4 is 14.8 Å². The fraction of sp³-hybridized carbons (Fsp3) is 0.259. The fourth-order valence-corrected chi connectivity index (χ4v) is 6.73. The predicted octanol–water partition coefficient (Wildman–Crippen LogP) is 4.25. The van der Waals surface area contributed by atoms with Crippen LogP contribution in [0.4, 0.5) is 0 Å². The van der Waals surface area contributed by atoms with Gasteiger partial charge in [-0.25, -0.2) is 13.2 Å². The van der Waals surface area contributed by atoms with Crippen LogP contribution in [0.3, 0.4) is 0 Å². The molecular formula is C27H26Cl2N2O7S. The van der Waals surface area contributed by atoms with Crippen LogP contribution in [0.15, 0.2) is 65.6 Å². The Balaban J connectivity index is 1.48. The molecule has 1 fully saturated rings. The van der Waals surface area contributed by atoms with Crippen molar-refractivity contribution >= 4 is 45.1 Å². The first-order valence-electron chi connectivity index (χ1n) is 11.9. The van der Waals surface area contributed by atoms with Crippen LogP contribution in [0.1, 0.15) is 12.0 Å². The molecule has 1 aliphatic heterocycles. The maximum atomic E-state index is 13.1. The van der Waals surface area contributed by atoms with Gasteiger partial charge in [-0.2, -0.15) is 4.31 Å². The van der Waals surface area contributed by atoms with E-state index >= 15 is 0 Å². The number of halogens is 2. The van der Waals surface area contributed by atoms with Crippen molar-refractivity contribution in [1.29, 1.82) is 0 Å². The monoisotopic (exact) mass is 592 g/mol. The van der Waals surface area contributed by atoms with Gasteiger partial charge in [0, 0.05) is 23.0 Å². The molecule has 3 aromatic carbocycles. The first kappa shape index (κ1) is 28.7. The molecule has 0 saturated carbocycles. The van der Waals surface area contributed by atoms with Crippen molar-refractivity contribution in [1.82, 2.24) is 9.62 Å². The molecule has 0 aromatic heterocycles. The zero-order valence-corrected chi connectivity index (χ0v) is 23.4. The molecule has 39 heavy (non-hydrogen) atoms. The zero-order valence-electron chi connectivity index (χ0n) is 21.1. The first-order valence-corrected chi connectivity index (χ1v) is 14.1. The highest BCUT2D eigenvalue weighted by molar-refractivity contribution is 7.89. The number of carbonyl (C=O) groups excluding carboxylic acids is 1. The normalized spacial score (nSPS) is 16.2. The molecule has 0 radical (unpaired) electrons. The summed E-state index contributed by atoms with van der Waals surface area (Å²) in [5, 5.41) is 12.6. The lowest BCUT2D eigenvalue weighted by Crippen LogP contribution is -2.60. The number of aliphatic carboxylic acids is 1. The van der Waals surface area contributed by atoms with E-state index in [4.69, 9.17) is 32.7 Å². The third-order valence-electron chi connectivity index (χ3n) is 6.44. The van der Waals surface area contributed by atoms with Gasteiger partial charge in [0.25, 0.3) is 0 Å². The van der Waals surface area contributed by atoms with Gasteiger partial charge < -0.3 is 19.9 Å². The highest BCUT2D eigenvalue weighted by atomic mass is 35.5. The molecule has 1 amide bonds. The van der Waals surface area contributed by atoms with E-state index in [1.54, 1.807) is 26.4 Å². The van der Waals surface area contributed by atoms with E-state index in [1.807, 2.05) is 30.3 Å². The third-order valence-corrected chi connectivity index (χ3v) is 8.76. The lowest BCUT2D eigenvalue weighted by Gasteiger charge is -2.38. The van der Waals surface area contributed by atoms with E-state index in [-0.39, 0.29) is 34.3 Å². The van der Waals surface area contributed by atoms with Gasteiger partial charge in [0.2, 0.25) is 15.9 Å². The number of hydrogen-bond acceptors (Lipinski definition) is 6. The standard InChI is InChI=1S/C27H26Cl2N2O7S/c1-37-23-4-3-5-24(38-2)25(23)17-8-6-16(7-9-17)12-21(27(33)34)30-26(32)22-10-11-31(22)39(35,36)20-14-18(28)13-19(29)15-20/h3-9,13-15,21-22H,10-12H2,1-2H3,(H,30,32)(H,33,34)/t21-,22?/m0/s1. The number of ether oxygens (including phenoxy) is 2. The number of hydrogen-bond donors (Lipinski definition) is 2. The molecule has 206 valence electrons. The number of nitrogens with one attached hydrogen (secondary N) is 1. The average Bonchev–Trinajstić information content (AvgIpc) is 2.86. The smallest absolute Gasteiger partial charge is 0.326 e. The van der Waals surface area contributed by atoms with E-state index in [0.29, 0.717) is 17.1 Å². The third kappa shape index (κ3) is 6.14. The van der Waals surface area contributed by atoms with Gasteiger partial charge in [0.05, 0.1) is 24.7 Å². The van der Waals surface area contributed by atoms with Crippen molar-refractivity contribution in [2.45, 2.75) is 29.8 Å². The minimum Gasteiger partial charge on any atom is -0.496 e. The summed E-state index contributed by atoms with van der Waals surface area (Å²) in [6.45, 7) is 0.107. The molecule has 4 rings (SSSR count). The van der Waals surface area contributed by atoms with Crippen molar-refractivity contribution in [3.8, 4) is 22.6 Å². The maximum Gasteiger partial charge on any atom is 0.326 e. The summed E-state index contributed by atoms with van der Waals surface area (Å²) < 4.78 is 38.1. The summed E-state index contributed by atoms with van der Waals surface area (Å²) in [6.07, 6.45) is 0.245. The minimum absolute atomic E-state index is 0.00617. The van der Waals surface area contributed by atoms with Crippen LogP contribution >= 0.6 is 23.2 Å². The van der Waals surface area contributed by atoms with Gasteiger partial charge in [-0.05, 0) is 47.9 Å². The van der Waals surface area contributed by atoms with Gasteiger partial charge in [0.15, 0.2) is 0 Å². The molecule has 9 nitrogen and oxygen atoms in total. The number of rotatable bonds is 10. The highest BCUT2D eigenvalue weighted by Gasteiger charge is 2.43. The van der Waals surface area contributed by atoms with Gasteiger partial charge in [0.1, 0.15) is 23.6 Å². The van der Waals surface area contributed by atoms with Crippen molar-refractivity contribution < 1.29 is 32.6 Å². The molecule has 2 atom stereocenters. The highest BCUT2D eigenvalue weighted by Crippen LogP contribution is 2.38. The summed E-state index contributed by atoms with van der Waals surface area (Å²) >= 11 is 11.9. The van der Waals surface area contributed by atoms with E-state index in [9.17, 15) is 23.1 Å². The molecular weight excluding hydrogens is 567 g/mol. The summed E-state index contributed by atoms with van der Waals surface area (Å²) in [7, 11) is -0.942. The second kappa shape index (κ2) is 11.8. The second-order valence-corrected chi connectivity index (χ2v) is 11.6. The largest absolute Gasteiger partial charge is 0.496 e. The van der Waals surface area contributed by atoms with Gasteiger partial charge >= 0.3 is 5.97 Å². The Kier molecular flexibility index (Phi) is 8.70. The SMILES string of the molecule is COc1cccc(OC)c1-c1ccc(C[C@H](NC(=O)C2CCN2S(=O)(=O)c2cc(Cl)cc(Cl)c2)C(=O)O)cc1. The summed E-state index contributed by atoms with van der Waals surface area (Å²) in [4.78, 5) is 24.8. The predicted molar refractivity (Wildman–Crippen MR) is 147 cm³/mol. The molecule has 2 N–H and O–H groups in total. The Morgan fingerprint density at radius 1 is 1.03 bits per heavy atom. The van der Waals surface area contributed by atoms with E-state index in [2.05, 4.69) is 5.32 Å². The number of benzene rings is 3. The van der Waals surface area contributed by atoms with Gasteiger partial charge in [-0.3, -0.25) is 4.79 Å². The van der Waals surface area contributed by atoms with Crippen molar-refractivity contribution in [3.05, 3.63) is 76.3 Å². The molecule has 3 aromatic rings. The number of sulfonamides is 1. The molecule has 1 aliphatic rings. The topological polar surface area (TPSA) is 122 Å². The number of carboxylic acid groups (broad SMARTS) is 1. The lowest BCUT2D eigenvalue weighted by molar-refractivity contribution is -0.143. The Morgan fingerprint density at radius 2 is 1.62 bits per heavy atom. The van der Waals surface area contributed by atoms with Crippen LogP contribution in [0.5, 0.6) is 11.5 Å². The second-order valence-electron chi connectivity index (χ2n) is 8.86. The van der Waals surface area contributed by atoms with Gasteiger partial charge in [-0.1, -0.05) is 53.5 Å². The molecule has 0 bridgehead atoms. The first-order chi connectivity index (χ1) is 18.5. The van der Waals surface area contributed by atoms with Crippen molar-refractivity contribution in [3.63, 3.8) is 0 Å². The summed E-state index contributed by atoms with van der Waals surface area (Å²) in [5.74, 6) is -0.689. The van der Waals surface area contributed by atoms with Crippen molar-refractivity contribution in [2.24, 2.45) is 0 Å². The molecule has 0 aliphatic carbocycles. The number of amides is 1. The molecule has 1 unspecified atom stereocenters. The minimum atomic E-state index is -4.06. The van der Waals surface area contributed by atoms with E-state index in [0.717, 1.165) is 15.4 Å². The Labute approximate surface area is 236 Å². The zero-order chi connectivity index (χ0) is 28.3. The quantitative estimate of drug-likeness (QED) is 0.361. The molecule has 1 saturated heterocycles. The van der Waals surface area contributed by atoms with Crippen LogP contribution in [-0.2, 0) is 26.0 Å². The number of methoxy groups -OCH3 is 2. The maximum absolute atomic E-state index is 13.1. The van der Waals surface area contributed by atoms with Crippen LogP contribution in [-0.4, -0.2) is 62.6 Å². The molecule has 1 heterocycles. The Hall–Kier alpha value is -3.31.